The van der Waals surface area contributed by atoms with Crippen molar-refractivity contribution in [1.29, 1.82) is 0 Å². The van der Waals surface area contributed by atoms with Crippen molar-refractivity contribution in [1.82, 2.24) is 0 Å². The molecule has 6 aromatic carbocycles. The largest absolute Gasteiger partial charge is 0.134 e. The molecule has 0 N–H and O–H groups in total. The van der Waals surface area contributed by atoms with Crippen LogP contribution in [0.15, 0.2) is 103 Å². The molecule has 11 rings (SSSR count). The molecule has 1 aromatic heterocycles. The Bertz CT molecular complexity index is 2450. The smallest absolute Gasteiger partial charge is 0.0732 e. The molecule has 0 bridgehead atoms. The Labute approximate surface area is 248 Å². The molecule has 1 heteroatoms. The van der Waals surface area contributed by atoms with Crippen LogP contribution in [0, 0.1) is 13.8 Å². The average molecular weight is 551 g/mol. The van der Waals surface area contributed by atoms with E-state index < -0.39 is 0 Å². The standard InChI is InChI=1S/C41H26S/c1-21-15-17-25-30(19-21)40(3)29-13-8-11-24-23-9-4-6-12-28(23)41(36(24)29)31-20-22(2)16-18-26(31)33-34-27-10-5-7-14-32(27)42-39(34)35(25)37(40)38(33)41/h4-20H,1-3H3. The number of hydrogen-bond acceptors (Lipinski definition) is 1. The minimum absolute atomic E-state index is 0.223. The Morgan fingerprint density at radius 3 is 2.07 bits per heavy atom. The summed E-state index contributed by atoms with van der Waals surface area (Å²) in [7, 11) is 0. The molecule has 0 amide bonds. The number of benzene rings is 6. The predicted molar refractivity (Wildman–Crippen MR) is 176 cm³/mol. The first-order chi connectivity index (χ1) is 20.5. The van der Waals surface area contributed by atoms with Crippen LogP contribution >= 0.6 is 11.3 Å². The van der Waals surface area contributed by atoms with Gasteiger partial charge in [0.1, 0.15) is 0 Å². The fraction of sp³-hybridized carbons (Fsp3) is 0.122. The van der Waals surface area contributed by atoms with Gasteiger partial charge in [-0.3, -0.25) is 0 Å². The maximum atomic E-state index is 2.54. The topological polar surface area (TPSA) is 0 Å². The Morgan fingerprint density at radius 1 is 0.524 bits per heavy atom. The lowest BCUT2D eigenvalue weighted by atomic mass is 9.56. The molecule has 0 fully saturated rings. The van der Waals surface area contributed by atoms with E-state index in [0.717, 1.165) is 0 Å². The number of thiophene rings is 1. The second-order valence-corrected chi connectivity index (χ2v) is 14.1. The van der Waals surface area contributed by atoms with Gasteiger partial charge in [-0.05, 0) is 93.6 Å². The predicted octanol–water partition coefficient (Wildman–Crippen LogP) is 10.7. The molecule has 0 nitrogen and oxygen atoms in total. The lowest BCUT2D eigenvalue weighted by molar-refractivity contribution is 0.621. The van der Waals surface area contributed by atoms with Crippen LogP contribution in [0.5, 0.6) is 0 Å². The van der Waals surface area contributed by atoms with Gasteiger partial charge < -0.3 is 0 Å². The zero-order chi connectivity index (χ0) is 27.7. The fourth-order valence-electron chi connectivity index (χ4n) is 9.70. The molecular weight excluding hydrogens is 525 g/mol. The summed E-state index contributed by atoms with van der Waals surface area (Å²) >= 11 is 1.99. The molecule has 0 radical (unpaired) electrons. The molecule has 4 aliphatic rings. The summed E-state index contributed by atoms with van der Waals surface area (Å²) in [5.41, 5.74) is 21.2. The molecule has 2 atom stereocenters. The first-order valence-electron chi connectivity index (χ1n) is 15.0. The van der Waals surface area contributed by atoms with Crippen LogP contribution < -0.4 is 0 Å². The lowest BCUT2D eigenvalue weighted by Crippen LogP contribution is -2.39. The van der Waals surface area contributed by atoms with Crippen molar-refractivity contribution >= 4 is 31.5 Å². The van der Waals surface area contributed by atoms with Crippen LogP contribution in [0.25, 0.3) is 53.6 Å². The molecule has 0 aliphatic heterocycles. The van der Waals surface area contributed by atoms with Crippen LogP contribution in [0.4, 0.5) is 0 Å². The Kier molecular flexibility index (Phi) is 3.58. The number of aryl methyl sites for hydroxylation is 2. The van der Waals surface area contributed by atoms with E-state index in [4.69, 9.17) is 0 Å². The van der Waals surface area contributed by atoms with Crippen molar-refractivity contribution in [3.8, 4) is 33.4 Å². The maximum Gasteiger partial charge on any atom is 0.0732 e. The molecule has 42 heavy (non-hydrogen) atoms. The highest BCUT2D eigenvalue weighted by molar-refractivity contribution is 7.26. The summed E-state index contributed by atoms with van der Waals surface area (Å²) in [5.74, 6) is 0. The molecule has 1 heterocycles. The zero-order valence-electron chi connectivity index (χ0n) is 23.7. The van der Waals surface area contributed by atoms with Crippen molar-refractivity contribution in [2.45, 2.75) is 31.6 Å². The van der Waals surface area contributed by atoms with Gasteiger partial charge >= 0.3 is 0 Å². The first-order valence-corrected chi connectivity index (χ1v) is 15.8. The van der Waals surface area contributed by atoms with Gasteiger partial charge in [0.25, 0.3) is 0 Å². The molecule has 4 aliphatic carbocycles. The van der Waals surface area contributed by atoms with E-state index in [2.05, 4.69) is 124 Å². The van der Waals surface area contributed by atoms with E-state index in [9.17, 15) is 0 Å². The highest BCUT2D eigenvalue weighted by atomic mass is 32.1. The van der Waals surface area contributed by atoms with Crippen molar-refractivity contribution < 1.29 is 0 Å². The van der Waals surface area contributed by atoms with Crippen molar-refractivity contribution in [3.05, 3.63) is 153 Å². The molecule has 1 spiro atoms. The monoisotopic (exact) mass is 550 g/mol. The summed E-state index contributed by atoms with van der Waals surface area (Å²) in [5, 5.41) is 2.84. The van der Waals surface area contributed by atoms with E-state index in [-0.39, 0.29) is 10.8 Å². The number of fused-ring (bicyclic) bond motifs is 13. The van der Waals surface area contributed by atoms with Gasteiger partial charge in [0.05, 0.1) is 5.41 Å². The maximum absolute atomic E-state index is 2.54. The fourth-order valence-corrected chi connectivity index (χ4v) is 11.0. The van der Waals surface area contributed by atoms with E-state index in [0.29, 0.717) is 0 Å². The Hall–Kier alpha value is -4.46. The van der Waals surface area contributed by atoms with Crippen molar-refractivity contribution in [2.24, 2.45) is 0 Å². The second-order valence-electron chi connectivity index (χ2n) is 13.0. The number of hydrogen-bond donors (Lipinski definition) is 0. The highest BCUT2D eigenvalue weighted by Gasteiger charge is 2.62. The third-order valence-corrected chi connectivity index (χ3v) is 12.3. The summed E-state index contributed by atoms with van der Waals surface area (Å²) < 4.78 is 2.83. The van der Waals surface area contributed by atoms with Crippen LogP contribution in [0.3, 0.4) is 0 Å². The van der Waals surface area contributed by atoms with E-state index in [1.54, 1.807) is 11.1 Å². The summed E-state index contributed by atoms with van der Waals surface area (Å²) in [6.45, 7) is 7.05. The molecule has 2 unspecified atom stereocenters. The quantitative estimate of drug-likeness (QED) is 0.176. The third kappa shape index (κ3) is 2.06. The van der Waals surface area contributed by atoms with Crippen LogP contribution in [0.2, 0.25) is 0 Å². The first kappa shape index (κ1) is 22.2. The molecule has 7 aromatic rings. The summed E-state index contributed by atoms with van der Waals surface area (Å²) in [6, 6.07) is 40.1. The second kappa shape index (κ2) is 6.77. The molecular formula is C41H26S. The minimum atomic E-state index is -0.308. The molecule has 0 saturated carbocycles. The van der Waals surface area contributed by atoms with Crippen LogP contribution in [0.1, 0.15) is 57.0 Å². The van der Waals surface area contributed by atoms with Gasteiger partial charge in [0, 0.05) is 31.2 Å². The van der Waals surface area contributed by atoms with Gasteiger partial charge in [0.2, 0.25) is 0 Å². The van der Waals surface area contributed by atoms with E-state index in [1.807, 2.05) is 11.3 Å². The van der Waals surface area contributed by atoms with Crippen molar-refractivity contribution in [2.75, 3.05) is 0 Å². The Balaban J connectivity index is 1.52. The average Bonchev–Trinajstić information content (AvgIpc) is 3.70. The number of rotatable bonds is 0. The molecule has 0 saturated heterocycles. The van der Waals surface area contributed by atoms with Gasteiger partial charge in [0.15, 0.2) is 0 Å². The van der Waals surface area contributed by atoms with Gasteiger partial charge in [-0.15, -0.1) is 11.3 Å². The van der Waals surface area contributed by atoms with Crippen molar-refractivity contribution in [3.63, 3.8) is 0 Å². The minimum Gasteiger partial charge on any atom is -0.134 e. The van der Waals surface area contributed by atoms with Gasteiger partial charge in [-0.2, -0.15) is 0 Å². The SMILES string of the molecule is Cc1ccc2c(c1)C1(C)c3cccc4c3C3(c5ccccc5-4)c4cc(C)ccc4-c4c3c1c-2c1sc2ccccc2c41. The summed E-state index contributed by atoms with van der Waals surface area (Å²) in [6.07, 6.45) is 0. The van der Waals surface area contributed by atoms with E-state index >= 15 is 0 Å². The van der Waals surface area contributed by atoms with Gasteiger partial charge in [-0.1, -0.05) is 108 Å². The third-order valence-electron chi connectivity index (χ3n) is 11.1. The lowest BCUT2D eigenvalue weighted by Gasteiger charge is -2.44. The van der Waals surface area contributed by atoms with Gasteiger partial charge in [-0.25, -0.2) is 0 Å². The Morgan fingerprint density at radius 2 is 1.21 bits per heavy atom. The normalized spacial score (nSPS) is 20.9. The summed E-state index contributed by atoms with van der Waals surface area (Å²) in [4.78, 5) is 0. The van der Waals surface area contributed by atoms with E-state index in [1.165, 1.54) is 92.5 Å². The zero-order valence-corrected chi connectivity index (χ0v) is 24.5. The highest BCUT2D eigenvalue weighted by Crippen LogP contribution is 2.74. The van der Waals surface area contributed by atoms with Crippen LogP contribution in [-0.4, -0.2) is 0 Å². The molecule has 196 valence electrons. The van der Waals surface area contributed by atoms with Crippen LogP contribution in [-0.2, 0) is 10.8 Å².